The van der Waals surface area contributed by atoms with Gasteiger partial charge < -0.3 is 14.8 Å². The quantitative estimate of drug-likeness (QED) is 0.794. The van der Waals surface area contributed by atoms with E-state index >= 15 is 0 Å². The van der Waals surface area contributed by atoms with Crippen molar-refractivity contribution in [3.63, 3.8) is 0 Å². The van der Waals surface area contributed by atoms with Crippen molar-refractivity contribution in [1.29, 1.82) is 0 Å². The summed E-state index contributed by atoms with van der Waals surface area (Å²) >= 11 is 0. The summed E-state index contributed by atoms with van der Waals surface area (Å²) < 4.78 is 0. The Morgan fingerprint density at radius 1 is 1.08 bits per heavy atom. The Labute approximate surface area is 140 Å². The zero-order chi connectivity index (χ0) is 16.5. The van der Waals surface area contributed by atoms with Crippen molar-refractivity contribution >= 4 is 17.1 Å². The molecule has 0 amide bonds. The highest BCUT2D eigenvalue weighted by Crippen LogP contribution is 2.21. The van der Waals surface area contributed by atoms with Crippen LogP contribution in [0.1, 0.15) is 12.8 Å². The maximum absolute atomic E-state index is 4.58. The molecule has 0 aromatic carbocycles. The van der Waals surface area contributed by atoms with Crippen LogP contribution in [0.25, 0.3) is 22.4 Å². The van der Waals surface area contributed by atoms with Crippen molar-refractivity contribution in [2.45, 2.75) is 18.9 Å². The molecule has 4 rings (SSSR count). The lowest BCUT2D eigenvalue weighted by Gasteiger charge is -2.35. The molecule has 1 aliphatic rings. The SMILES string of the molecule is CN(C)C1CCN(c2ncc(-c3cnc4[nH]ccc4n3)cn2)CC1. The van der Waals surface area contributed by atoms with E-state index in [4.69, 9.17) is 0 Å². The molecular weight excluding hydrogens is 302 g/mol. The number of aromatic nitrogens is 5. The number of aromatic amines is 1. The molecule has 0 radical (unpaired) electrons. The summed E-state index contributed by atoms with van der Waals surface area (Å²) in [6.45, 7) is 1.99. The number of H-pyrrole nitrogens is 1. The molecule has 0 aliphatic carbocycles. The summed E-state index contributed by atoms with van der Waals surface area (Å²) in [6, 6.07) is 2.57. The standard InChI is InChI=1S/C17H21N7/c1-23(2)13-4-7-24(8-5-13)17-20-9-12(10-21-17)15-11-19-16-14(22-15)3-6-18-16/h3,6,9-11,13H,4-5,7-8H2,1-2H3,(H,18,19). The lowest BCUT2D eigenvalue weighted by Crippen LogP contribution is -2.42. The molecular formula is C17H21N7. The monoisotopic (exact) mass is 323 g/mol. The van der Waals surface area contributed by atoms with E-state index in [9.17, 15) is 0 Å². The third-order valence-corrected chi connectivity index (χ3v) is 4.67. The average Bonchev–Trinajstić information content (AvgIpc) is 3.09. The van der Waals surface area contributed by atoms with E-state index in [-0.39, 0.29) is 0 Å². The molecule has 0 bridgehead atoms. The fourth-order valence-electron chi connectivity index (χ4n) is 3.17. The van der Waals surface area contributed by atoms with Crippen molar-refractivity contribution in [1.82, 2.24) is 29.8 Å². The van der Waals surface area contributed by atoms with Gasteiger partial charge in [0.25, 0.3) is 0 Å². The van der Waals surface area contributed by atoms with Crippen molar-refractivity contribution in [3.05, 3.63) is 30.9 Å². The minimum atomic E-state index is 0.656. The predicted molar refractivity (Wildman–Crippen MR) is 93.8 cm³/mol. The van der Waals surface area contributed by atoms with E-state index < -0.39 is 0 Å². The van der Waals surface area contributed by atoms with Crippen molar-refractivity contribution in [3.8, 4) is 11.3 Å². The smallest absolute Gasteiger partial charge is 0.225 e. The summed E-state index contributed by atoms with van der Waals surface area (Å²) in [7, 11) is 4.29. The van der Waals surface area contributed by atoms with Gasteiger partial charge >= 0.3 is 0 Å². The van der Waals surface area contributed by atoms with E-state index in [1.807, 2.05) is 24.7 Å². The summed E-state index contributed by atoms with van der Waals surface area (Å²) in [4.78, 5) is 25.6. The minimum Gasteiger partial charge on any atom is -0.345 e. The summed E-state index contributed by atoms with van der Waals surface area (Å²) in [5.41, 5.74) is 3.32. The second-order valence-electron chi connectivity index (χ2n) is 6.42. The molecule has 0 saturated carbocycles. The number of rotatable bonds is 3. The van der Waals surface area contributed by atoms with Crippen LogP contribution in [-0.4, -0.2) is 63.0 Å². The minimum absolute atomic E-state index is 0.656. The Kier molecular flexibility index (Phi) is 3.86. The van der Waals surface area contributed by atoms with Crippen LogP contribution in [0.15, 0.2) is 30.9 Å². The van der Waals surface area contributed by atoms with Crippen LogP contribution >= 0.6 is 0 Å². The Hall–Kier alpha value is -2.54. The molecule has 3 aromatic heterocycles. The molecule has 7 nitrogen and oxygen atoms in total. The van der Waals surface area contributed by atoms with E-state index in [2.05, 4.69) is 48.8 Å². The fourth-order valence-corrected chi connectivity index (χ4v) is 3.17. The maximum atomic E-state index is 4.58. The topological polar surface area (TPSA) is 73.8 Å². The highest BCUT2D eigenvalue weighted by Gasteiger charge is 2.22. The van der Waals surface area contributed by atoms with Gasteiger partial charge in [-0.05, 0) is 33.0 Å². The van der Waals surface area contributed by atoms with Gasteiger partial charge in [-0.1, -0.05) is 0 Å². The second-order valence-corrected chi connectivity index (χ2v) is 6.42. The highest BCUT2D eigenvalue weighted by atomic mass is 15.3. The lowest BCUT2D eigenvalue weighted by atomic mass is 10.0. The molecule has 1 saturated heterocycles. The van der Waals surface area contributed by atoms with Gasteiger partial charge in [0.15, 0.2) is 5.65 Å². The van der Waals surface area contributed by atoms with Crippen LogP contribution in [-0.2, 0) is 0 Å². The van der Waals surface area contributed by atoms with E-state index in [0.717, 1.165) is 54.3 Å². The molecule has 0 unspecified atom stereocenters. The van der Waals surface area contributed by atoms with E-state index in [1.165, 1.54) is 0 Å². The fraction of sp³-hybridized carbons (Fsp3) is 0.412. The second kappa shape index (κ2) is 6.16. The number of hydrogen-bond acceptors (Lipinski definition) is 6. The van der Waals surface area contributed by atoms with Crippen LogP contribution in [0, 0.1) is 0 Å². The first-order chi connectivity index (χ1) is 11.7. The van der Waals surface area contributed by atoms with Gasteiger partial charge in [-0.25, -0.2) is 19.9 Å². The van der Waals surface area contributed by atoms with Gasteiger partial charge in [0.1, 0.15) is 5.52 Å². The third kappa shape index (κ3) is 2.82. The Balaban J connectivity index is 1.50. The van der Waals surface area contributed by atoms with Crippen LogP contribution in [0.2, 0.25) is 0 Å². The largest absolute Gasteiger partial charge is 0.345 e. The van der Waals surface area contributed by atoms with Gasteiger partial charge in [-0.15, -0.1) is 0 Å². The molecule has 0 atom stereocenters. The van der Waals surface area contributed by atoms with Crippen molar-refractivity contribution in [2.24, 2.45) is 0 Å². The Morgan fingerprint density at radius 2 is 1.83 bits per heavy atom. The highest BCUT2D eigenvalue weighted by molar-refractivity contribution is 5.73. The summed E-state index contributed by atoms with van der Waals surface area (Å²) in [5.74, 6) is 0.798. The zero-order valence-electron chi connectivity index (χ0n) is 14.0. The molecule has 1 aliphatic heterocycles. The Morgan fingerprint density at radius 3 is 2.54 bits per heavy atom. The van der Waals surface area contributed by atoms with Gasteiger partial charge in [0.2, 0.25) is 5.95 Å². The summed E-state index contributed by atoms with van der Waals surface area (Å²) in [6.07, 6.45) is 9.55. The van der Waals surface area contributed by atoms with E-state index in [0.29, 0.717) is 6.04 Å². The van der Waals surface area contributed by atoms with E-state index in [1.54, 1.807) is 6.20 Å². The third-order valence-electron chi connectivity index (χ3n) is 4.67. The number of piperidine rings is 1. The molecule has 0 spiro atoms. The van der Waals surface area contributed by atoms with Crippen LogP contribution in [0.3, 0.4) is 0 Å². The maximum Gasteiger partial charge on any atom is 0.225 e. The molecule has 1 fully saturated rings. The number of hydrogen-bond donors (Lipinski definition) is 1. The molecule has 4 heterocycles. The number of nitrogens with one attached hydrogen (secondary N) is 1. The van der Waals surface area contributed by atoms with Crippen LogP contribution in [0.4, 0.5) is 5.95 Å². The average molecular weight is 323 g/mol. The molecule has 3 aromatic rings. The van der Waals surface area contributed by atoms with Crippen LogP contribution < -0.4 is 4.90 Å². The molecule has 1 N–H and O–H groups in total. The van der Waals surface area contributed by atoms with Gasteiger partial charge in [0, 0.05) is 43.3 Å². The molecule has 7 heteroatoms. The van der Waals surface area contributed by atoms with Gasteiger partial charge in [-0.2, -0.15) is 0 Å². The van der Waals surface area contributed by atoms with Crippen molar-refractivity contribution in [2.75, 3.05) is 32.1 Å². The predicted octanol–water partition coefficient (Wildman–Crippen LogP) is 1.95. The lowest BCUT2D eigenvalue weighted by molar-refractivity contribution is 0.249. The summed E-state index contributed by atoms with van der Waals surface area (Å²) in [5, 5.41) is 0. The Bertz CT molecular complexity index is 816. The molecule has 124 valence electrons. The normalized spacial score (nSPS) is 16.2. The van der Waals surface area contributed by atoms with Crippen LogP contribution in [0.5, 0.6) is 0 Å². The first kappa shape index (κ1) is 15.0. The van der Waals surface area contributed by atoms with Crippen molar-refractivity contribution < 1.29 is 0 Å². The zero-order valence-corrected chi connectivity index (χ0v) is 14.0. The number of anilines is 1. The van der Waals surface area contributed by atoms with Gasteiger partial charge in [0.05, 0.1) is 11.9 Å². The molecule has 24 heavy (non-hydrogen) atoms. The first-order valence-corrected chi connectivity index (χ1v) is 8.24. The first-order valence-electron chi connectivity index (χ1n) is 8.24. The number of nitrogens with zero attached hydrogens (tertiary/aromatic N) is 6. The number of fused-ring (bicyclic) bond motifs is 1. The van der Waals surface area contributed by atoms with Gasteiger partial charge in [-0.3, -0.25) is 0 Å².